The van der Waals surface area contributed by atoms with Gasteiger partial charge in [0.05, 0.1) is 16.4 Å². The second-order valence-corrected chi connectivity index (χ2v) is 4.76. The molecule has 1 aromatic rings. The molecule has 0 aromatic heterocycles. The molecule has 5 nitrogen and oxygen atoms in total. The summed E-state index contributed by atoms with van der Waals surface area (Å²) < 4.78 is 5.69. The first-order valence-corrected chi connectivity index (χ1v) is 5.92. The molecule has 0 saturated heterocycles. The highest BCUT2D eigenvalue weighted by molar-refractivity contribution is 5.92. The Morgan fingerprint density at radius 1 is 1.56 bits per heavy atom. The van der Waals surface area contributed by atoms with Crippen LogP contribution in [0.25, 0.3) is 0 Å². The Labute approximate surface area is 105 Å². The van der Waals surface area contributed by atoms with E-state index in [-0.39, 0.29) is 17.6 Å². The number of carbonyl (C=O) groups is 1. The third-order valence-corrected chi connectivity index (χ3v) is 3.76. The van der Waals surface area contributed by atoms with Gasteiger partial charge >= 0.3 is 0 Å². The molecule has 2 unspecified atom stereocenters. The summed E-state index contributed by atoms with van der Waals surface area (Å²) >= 11 is 0. The molecular weight excluding hydrogens is 234 g/mol. The normalized spacial score (nSPS) is 26.6. The van der Waals surface area contributed by atoms with Gasteiger partial charge in [-0.2, -0.15) is 0 Å². The molecule has 2 rings (SSSR count). The number of nitro benzene ring substituents is 1. The third-order valence-electron chi connectivity index (χ3n) is 3.76. The van der Waals surface area contributed by atoms with Crippen LogP contribution < -0.4 is 4.74 Å². The van der Waals surface area contributed by atoms with E-state index < -0.39 is 10.3 Å². The van der Waals surface area contributed by atoms with E-state index >= 15 is 0 Å². The quantitative estimate of drug-likeness (QED) is 0.607. The van der Waals surface area contributed by atoms with Crippen molar-refractivity contribution in [2.75, 3.05) is 0 Å². The predicted molar refractivity (Wildman–Crippen MR) is 65.5 cm³/mol. The summed E-state index contributed by atoms with van der Waals surface area (Å²) in [7, 11) is 0. The Morgan fingerprint density at radius 3 is 2.83 bits per heavy atom. The monoisotopic (exact) mass is 249 g/mol. The minimum Gasteiger partial charge on any atom is -0.489 e. The summed E-state index contributed by atoms with van der Waals surface area (Å²) in [6.07, 6.45) is 0.912. The van der Waals surface area contributed by atoms with Gasteiger partial charge in [-0.25, -0.2) is 0 Å². The highest BCUT2D eigenvalue weighted by Gasteiger charge is 2.51. The number of rotatable bonds is 4. The van der Waals surface area contributed by atoms with Crippen LogP contribution in [0, 0.1) is 15.5 Å². The Morgan fingerprint density at radius 2 is 2.28 bits per heavy atom. The lowest BCUT2D eigenvalue weighted by atomic mass is 9.64. The van der Waals surface area contributed by atoms with Crippen molar-refractivity contribution < 1.29 is 14.5 Å². The van der Waals surface area contributed by atoms with Crippen LogP contribution in [0.2, 0.25) is 0 Å². The Bertz CT molecular complexity index is 500. The fourth-order valence-electron chi connectivity index (χ4n) is 2.11. The van der Waals surface area contributed by atoms with Gasteiger partial charge in [-0.3, -0.25) is 14.9 Å². The number of ketones is 1. The average Bonchev–Trinajstić information content (AvgIpc) is 2.37. The van der Waals surface area contributed by atoms with Gasteiger partial charge < -0.3 is 4.74 Å². The summed E-state index contributed by atoms with van der Waals surface area (Å²) in [4.78, 5) is 21.8. The standard InChI is InChI=1S/C13H15NO4/c1-3-13(2)11(15)8-12(13)18-10-6-4-5-9(7-10)14(16)17/h4-7,12H,3,8H2,1-2H3. The minimum atomic E-state index is -0.461. The maximum Gasteiger partial charge on any atom is 0.273 e. The highest BCUT2D eigenvalue weighted by Crippen LogP contribution is 2.42. The van der Waals surface area contributed by atoms with Crippen LogP contribution in [0.4, 0.5) is 5.69 Å². The SMILES string of the molecule is CCC1(C)C(=O)CC1Oc1cccc([N+](=O)[O-])c1. The largest absolute Gasteiger partial charge is 0.489 e. The predicted octanol–water partition coefficient (Wildman–Crippen LogP) is 2.73. The summed E-state index contributed by atoms with van der Waals surface area (Å²) in [6, 6.07) is 6.06. The number of benzene rings is 1. The number of Topliss-reactive ketones (excluding diaryl/α,β-unsaturated/α-hetero) is 1. The zero-order chi connectivity index (χ0) is 13.3. The van der Waals surface area contributed by atoms with Crippen molar-refractivity contribution in [2.24, 2.45) is 5.41 Å². The van der Waals surface area contributed by atoms with Gasteiger partial charge in [0.25, 0.3) is 5.69 Å². The van der Waals surface area contributed by atoms with Crippen LogP contribution in [0.1, 0.15) is 26.7 Å². The zero-order valence-corrected chi connectivity index (χ0v) is 10.4. The molecule has 96 valence electrons. The van der Waals surface area contributed by atoms with Gasteiger partial charge in [-0.1, -0.05) is 13.0 Å². The van der Waals surface area contributed by atoms with Gasteiger partial charge in [0, 0.05) is 12.5 Å². The lowest BCUT2D eigenvalue weighted by Crippen LogP contribution is -2.54. The lowest BCUT2D eigenvalue weighted by Gasteiger charge is -2.44. The first-order valence-electron chi connectivity index (χ1n) is 5.92. The van der Waals surface area contributed by atoms with Crippen molar-refractivity contribution in [2.45, 2.75) is 32.8 Å². The smallest absolute Gasteiger partial charge is 0.273 e. The van der Waals surface area contributed by atoms with E-state index in [0.717, 1.165) is 0 Å². The number of non-ortho nitro benzene ring substituents is 1. The van der Waals surface area contributed by atoms with E-state index in [1.54, 1.807) is 12.1 Å². The van der Waals surface area contributed by atoms with Gasteiger partial charge in [-0.05, 0) is 19.4 Å². The van der Waals surface area contributed by atoms with Crippen LogP contribution in [0.15, 0.2) is 24.3 Å². The number of ether oxygens (including phenoxy) is 1. The number of hydrogen-bond donors (Lipinski definition) is 0. The van der Waals surface area contributed by atoms with E-state index in [1.165, 1.54) is 12.1 Å². The van der Waals surface area contributed by atoms with Gasteiger partial charge in [-0.15, -0.1) is 0 Å². The van der Waals surface area contributed by atoms with Crippen molar-refractivity contribution in [3.63, 3.8) is 0 Å². The molecule has 18 heavy (non-hydrogen) atoms. The molecule has 1 aromatic carbocycles. The highest BCUT2D eigenvalue weighted by atomic mass is 16.6. The van der Waals surface area contributed by atoms with E-state index in [1.807, 2.05) is 13.8 Å². The molecule has 5 heteroatoms. The molecule has 0 N–H and O–H groups in total. The third kappa shape index (κ3) is 1.96. The van der Waals surface area contributed by atoms with E-state index in [0.29, 0.717) is 18.6 Å². The second-order valence-electron chi connectivity index (χ2n) is 4.76. The van der Waals surface area contributed by atoms with Gasteiger partial charge in [0.1, 0.15) is 17.6 Å². The molecule has 2 atom stereocenters. The van der Waals surface area contributed by atoms with E-state index in [2.05, 4.69) is 0 Å². The number of nitrogens with zero attached hydrogens (tertiary/aromatic N) is 1. The number of carbonyl (C=O) groups excluding carboxylic acids is 1. The molecule has 0 spiro atoms. The van der Waals surface area contributed by atoms with Crippen LogP contribution in [-0.2, 0) is 4.79 Å². The van der Waals surface area contributed by atoms with Crippen LogP contribution >= 0.6 is 0 Å². The summed E-state index contributed by atoms with van der Waals surface area (Å²) in [5.41, 5.74) is -0.457. The first-order chi connectivity index (χ1) is 8.47. The second kappa shape index (κ2) is 4.40. The summed E-state index contributed by atoms with van der Waals surface area (Å²) in [5, 5.41) is 10.7. The first kappa shape index (κ1) is 12.5. The molecule has 1 saturated carbocycles. The molecule has 0 bridgehead atoms. The van der Waals surface area contributed by atoms with Crippen LogP contribution in [0.5, 0.6) is 5.75 Å². The fraction of sp³-hybridized carbons (Fsp3) is 0.462. The zero-order valence-electron chi connectivity index (χ0n) is 10.4. The number of nitro groups is 1. The summed E-state index contributed by atoms with van der Waals surface area (Å²) in [6.45, 7) is 3.82. The van der Waals surface area contributed by atoms with Crippen molar-refractivity contribution in [3.8, 4) is 5.75 Å². The molecule has 0 aliphatic heterocycles. The maximum absolute atomic E-state index is 11.6. The van der Waals surface area contributed by atoms with Gasteiger partial charge in [0.2, 0.25) is 0 Å². The van der Waals surface area contributed by atoms with E-state index in [9.17, 15) is 14.9 Å². The van der Waals surface area contributed by atoms with Crippen LogP contribution in [0.3, 0.4) is 0 Å². The van der Waals surface area contributed by atoms with E-state index in [4.69, 9.17) is 4.74 Å². The Hall–Kier alpha value is -1.91. The molecule has 0 radical (unpaired) electrons. The minimum absolute atomic E-state index is 0.00338. The Kier molecular flexibility index (Phi) is 3.07. The topological polar surface area (TPSA) is 69.4 Å². The fourth-order valence-corrected chi connectivity index (χ4v) is 2.11. The molecule has 1 fully saturated rings. The molecule has 1 aliphatic carbocycles. The summed E-state index contributed by atoms with van der Waals surface area (Å²) in [5.74, 6) is 0.641. The lowest BCUT2D eigenvalue weighted by molar-refractivity contribution is -0.385. The molecule has 0 heterocycles. The van der Waals surface area contributed by atoms with Crippen molar-refractivity contribution in [1.29, 1.82) is 0 Å². The number of hydrogen-bond acceptors (Lipinski definition) is 4. The molecule has 1 aliphatic rings. The average molecular weight is 249 g/mol. The Balaban J connectivity index is 2.13. The molecular formula is C13H15NO4. The van der Waals surface area contributed by atoms with Crippen LogP contribution in [-0.4, -0.2) is 16.8 Å². The van der Waals surface area contributed by atoms with Crippen molar-refractivity contribution in [3.05, 3.63) is 34.4 Å². The van der Waals surface area contributed by atoms with Crippen molar-refractivity contribution in [1.82, 2.24) is 0 Å². The van der Waals surface area contributed by atoms with Gasteiger partial charge in [0.15, 0.2) is 0 Å². The van der Waals surface area contributed by atoms with Crippen molar-refractivity contribution >= 4 is 11.5 Å². The maximum atomic E-state index is 11.6. The molecule has 0 amide bonds.